The fourth-order valence-electron chi connectivity index (χ4n) is 3.61. The number of carbonyl (C=O) groups excluding carboxylic acids is 1. The van der Waals surface area contributed by atoms with E-state index in [0.29, 0.717) is 11.5 Å². The Bertz CT molecular complexity index is 1110. The average molecular weight is 476 g/mol. The lowest BCUT2D eigenvalue weighted by Crippen LogP contribution is -2.25. The van der Waals surface area contributed by atoms with Gasteiger partial charge in [-0.3, -0.25) is 9.59 Å². The summed E-state index contributed by atoms with van der Waals surface area (Å²) in [6, 6.07) is 23.0. The summed E-state index contributed by atoms with van der Waals surface area (Å²) < 4.78 is 0. The van der Waals surface area contributed by atoms with Crippen molar-refractivity contribution < 1.29 is 14.7 Å². The molecule has 1 atom stereocenters. The molecule has 0 saturated carbocycles. The summed E-state index contributed by atoms with van der Waals surface area (Å²) in [6.07, 6.45) is 1.97. The van der Waals surface area contributed by atoms with Crippen molar-refractivity contribution in [3.8, 4) is 11.1 Å². The molecule has 3 aromatic carbocycles. The molecule has 0 bridgehead atoms. The minimum Gasteiger partial charge on any atom is -0.481 e. The first kappa shape index (κ1) is 25.6. The van der Waals surface area contributed by atoms with Crippen molar-refractivity contribution in [3.05, 3.63) is 89.0 Å². The Kier molecular flexibility index (Phi) is 9.34. The molecule has 0 fully saturated rings. The summed E-state index contributed by atoms with van der Waals surface area (Å²) in [5.41, 5.74) is 6.91. The molecule has 2 N–H and O–H groups in total. The quantitative estimate of drug-likeness (QED) is 0.309. The van der Waals surface area contributed by atoms with Crippen molar-refractivity contribution in [2.24, 2.45) is 5.92 Å². The van der Waals surface area contributed by atoms with Crippen LogP contribution in [0.5, 0.6) is 0 Å². The molecule has 0 saturated heterocycles. The number of benzene rings is 3. The number of carbonyl (C=O) groups is 2. The summed E-state index contributed by atoms with van der Waals surface area (Å²) in [5, 5.41) is 11.3. The minimum atomic E-state index is -0.919. The molecule has 5 heteroatoms. The number of hydrogen-bond acceptors (Lipinski definition) is 3. The van der Waals surface area contributed by atoms with Gasteiger partial charge >= 0.3 is 5.97 Å². The Morgan fingerprint density at radius 2 is 1.59 bits per heavy atom. The zero-order valence-corrected chi connectivity index (χ0v) is 21.0. The summed E-state index contributed by atoms with van der Waals surface area (Å²) in [7, 11) is 0. The molecular weight excluding hydrogens is 442 g/mol. The highest BCUT2D eigenvalue weighted by molar-refractivity contribution is 7.99. The second-order valence-electron chi connectivity index (χ2n) is 8.87. The lowest BCUT2D eigenvalue weighted by atomic mass is 10.0. The number of rotatable bonds is 11. The highest BCUT2D eigenvalue weighted by Gasteiger charge is 2.08. The molecule has 34 heavy (non-hydrogen) atoms. The zero-order valence-electron chi connectivity index (χ0n) is 20.1. The van der Waals surface area contributed by atoms with E-state index in [1.807, 2.05) is 36.0 Å². The third kappa shape index (κ3) is 7.77. The second-order valence-corrected chi connectivity index (χ2v) is 9.97. The molecule has 3 rings (SSSR count). The van der Waals surface area contributed by atoms with Gasteiger partial charge in [0.05, 0.1) is 6.42 Å². The van der Waals surface area contributed by atoms with Gasteiger partial charge in [-0.2, -0.15) is 0 Å². The third-order valence-corrected chi connectivity index (χ3v) is 7.34. The molecule has 1 unspecified atom stereocenters. The molecule has 0 heterocycles. The number of aliphatic carboxylic acids is 1. The maximum absolute atomic E-state index is 12.0. The first-order valence-electron chi connectivity index (χ1n) is 11.7. The van der Waals surface area contributed by atoms with Gasteiger partial charge in [0.2, 0.25) is 0 Å². The van der Waals surface area contributed by atoms with Gasteiger partial charge in [-0.05, 0) is 84.7 Å². The van der Waals surface area contributed by atoms with Crippen LogP contribution < -0.4 is 5.32 Å². The number of thioether (sulfide) groups is 1. The van der Waals surface area contributed by atoms with E-state index in [0.717, 1.165) is 18.6 Å². The molecule has 0 spiro atoms. The van der Waals surface area contributed by atoms with Crippen molar-refractivity contribution in [3.63, 3.8) is 0 Å². The van der Waals surface area contributed by atoms with Crippen LogP contribution in [0.4, 0.5) is 0 Å². The Balaban J connectivity index is 1.42. The van der Waals surface area contributed by atoms with E-state index in [4.69, 9.17) is 5.11 Å². The molecule has 0 aliphatic rings. The lowest BCUT2D eigenvalue weighted by molar-refractivity contribution is -0.136. The van der Waals surface area contributed by atoms with E-state index < -0.39 is 5.97 Å². The Hall–Kier alpha value is -3.05. The number of hydrogen-bond donors (Lipinski definition) is 2. The van der Waals surface area contributed by atoms with Gasteiger partial charge < -0.3 is 10.4 Å². The molecule has 0 aliphatic carbocycles. The van der Waals surface area contributed by atoms with Crippen molar-refractivity contribution in [2.75, 3.05) is 12.3 Å². The van der Waals surface area contributed by atoms with Crippen LogP contribution in [0, 0.1) is 19.8 Å². The molecule has 0 radical (unpaired) electrons. The fourth-order valence-corrected chi connectivity index (χ4v) is 4.58. The third-order valence-electron chi connectivity index (χ3n) is 6.00. The van der Waals surface area contributed by atoms with E-state index in [1.165, 1.54) is 32.7 Å². The Morgan fingerprint density at radius 3 is 2.24 bits per heavy atom. The number of carboxylic acid groups (broad SMARTS) is 1. The van der Waals surface area contributed by atoms with Gasteiger partial charge in [0.25, 0.3) is 5.91 Å². The van der Waals surface area contributed by atoms with Crippen LogP contribution in [0.1, 0.15) is 46.8 Å². The molecule has 0 aliphatic heterocycles. The van der Waals surface area contributed by atoms with E-state index >= 15 is 0 Å². The van der Waals surface area contributed by atoms with Crippen LogP contribution in [-0.2, 0) is 11.2 Å². The number of nitrogens with one attached hydrogen (secondary N) is 1. The minimum absolute atomic E-state index is 0.0731. The fraction of sp³-hybridized carbons (Fsp3) is 0.310. The van der Waals surface area contributed by atoms with Gasteiger partial charge in [-0.1, -0.05) is 49.4 Å². The number of aryl methyl sites for hydroxylation is 3. The smallest absolute Gasteiger partial charge is 0.305 e. The normalized spacial score (nSPS) is 11.7. The highest BCUT2D eigenvalue weighted by Crippen LogP contribution is 2.27. The lowest BCUT2D eigenvalue weighted by Gasteiger charge is -2.12. The Morgan fingerprint density at radius 1 is 0.912 bits per heavy atom. The predicted octanol–water partition coefficient (Wildman–Crippen LogP) is 6.54. The standard InChI is InChI=1S/C29H33NO3S/c1-20(4-6-23-7-10-25(11-8-23)29(33)30-17-16-28(31)32)19-34-27-14-12-24(13-15-27)26-9-5-21(2)22(3)18-26/h5,7-15,18,20H,4,6,16-17,19H2,1-3H3,(H,30,33)(H,31,32). The van der Waals surface area contributed by atoms with Gasteiger partial charge in [0.1, 0.15) is 0 Å². The zero-order chi connectivity index (χ0) is 24.5. The summed E-state index contributed by atoms with van der Waals surface area (Å²) >= 11 is 1.89. The topological polar surface area (TPSA) is 66.4 Å². The van der Waals surface area contributed by atoms with Crippen molar-refractivity contribution in [1.29, 1.82) is 0 Å². The maximum atomic E-state index is 12.0. The molecule has 3 aromatic rings. The SMILES string of the molecule is Cc1ccc(-c2ccc(SCC(C)CCc3ccc(C(=O)NCCC(=O)O)cc3)cc2)cc1C. The first-order chi connectivity index (χ1) is 16.3. The van der Waals surface area contributed by atoms with E-state index in [9.17, 15) is 9.59 Å². The predicted molar refractivity (Wildman–Crippen MR) is 141 cm³/mol. The maximum Gasteiger partial charge on any atom is 0.305 e. The number of amides is 1. The summed E-state index contributed by atoms with van der Waals surface area (Å²) in [5.74, 6) is 0.481. The molecular formula is C29H33NO3S. The van der Waals surface area contributed by atoms with Gasteiger partial charge in [-0.15, -0.1) is 11.8 Å². The van der Waals surface area contributed by atoms with Crippen molar-refractivity contribution in [2.45, 2.75) is 44.9 Å². The first-order valence-corrected chi connectivity index (χ1v) is 12.7. The highest BCUT2D eigenvalue weighted by atomic mass is 32.2. The summed E-state index contributed by atoms with van der Waals surface area (Å²) in [4.78, 5) is 23.9. The van der Waals surface area contributed by atoms with Gasteiger partial charge in [0, 0.05) is 22.8 Å². The molecule has 1 amide bonds. The van der Waals surface area contributed by atoms with Crippen LogP contribution in [-0.4, -0.2) is 29.3 Å². The van der Waals surface area contributed by atoms with Crippen molar-refractivity contribution in [1.82, 2.24) is 5.32 Å². The molecule has 0 aromatic heterocycles. The van der Waals surface area contributed by atoms with E-state index in [2.05, 4.69) is 68.6 Å². The monoisotopic (exact) mass is 475 g/mol. The van der Waals surface area contributed by atoms with Crippen molar-refractivity contribution >= 4 is 23.6 Å². The number of carboxylic acids is 1. The van der Waals surface area contributed by atoms with Gasteiger partial charge in [-0.25, -0.2) is 0 Å². The van der Waals surface area contributed by atoms with Gasteiger partial charge in [0.15, 0.2) is 0 Å². The van der Waals surface area contributed by atoms with Crippen LogP contribution >= 0.6 is 11.8 Å². The van der Waals surface area contributed by atoms with E-state index in [1.54, 1.807) is 0 Å². The van der Waals surface area contributed by atoms with Crippen LogP contribution in [0.25, 0.3) is 11.1 Å². The Labute approximate surface area is 206 Å². The van der Waals surface area contributed by atoms with Crippen LogP contribution in [0.15, 0.2) is 71.6 Å². The second kappa shape index (κ2) is 12.4. The molecule has 4 nitrogen and oxygen atoms in total. The largest absolute Gasteiger partial charge is 0.481 e. The van der Waals surface area contributed by atoms with E-state index in [-0.39, 0.29) is 18.9 Å². The average Bonchev–Trinajstić information content (AvgIpc) is 2.83. The molecule has 178 valence electrons. The summed E-state index contributed by atoms with van der Waals surface area (Å²) in [6.45, 7) is 6.71. The van der Waals surface area contributed by atoms with Crippen LogP contribution in [0.2, 0.25) is 0 Å². The van der Waals surface area contributed by atoms with Crippen LogP contribution in [0.3, 0.4) is 0 Å².